The number of methoxy groups -OCH3 is 1. The molecule has 1 N–H and O–H groups in total. The number of amides is 1. The highest BCUT2D eigenvalue weighted by Gasteiger charge is 2.07. The first kappa shape index (κ1) is 16.0. The molecule has 2 aromatic rings. The van der Waals surface area contributed by atoms with Crippen LogP contribution in [0, 0.1) is 0 Å². The number of halogens is 2. The van der Waals surface area contributed by atoms with Crippen molar-refractivity contribution < 1.29 is 9.53 Å². The van der Waals surface area contributed by atoms with Gasteiger partial charge in [0.25, 0.3) is 0 Å². The van der Waals surface area contributed by atoms with Gasteiger partial charge in [0, 0.05) is 9.92 Å². The van der Waals surface area contributed by atoms with Crippen LogP contribution in [-0.4, -0.2) is 18.8 Å². The lowest BCUT2D eigenvalue weighted by molar-refractivity contribution is -0.113. The molecule has 0 saturated heterocycles. The van der Waals surface area contributed by atoms with Crippen molar-refractivity contribution in [3.8, 4) is 5.75 Å². The molecular weight excluding hydrogens is 329 g/mol. The van der Waals surface area contributed by atoms with Crippen molar-refractivity contribution in [2.75, 3.05) is 18.2 Å². The molecule has 0 unspecified atom stereocenters. The summed E-state index contributed by atoms with van der Waals surface area (Å²) in [6.07, 6.45) is 0. The Morgan fingerprint density at radius 1 is 1.19 bits per heavy atom. The molecule has 3 nitrogen and oxygen atoms in total. The zero-order chi connectivity index (χ0) is 15.2. The van der Waals surface area contributed by atoms with Crippen molar-refractivity contribution >= 4 is 46.6 Å². The van der Waals surface area contributed by atoms with Crippen LogP contribution in [0.25, 0.3) is 0 Å². The third-order valence-electron chi connectivity index (χ3n) is 2.63. The van der Waals surface area contributed by atoms with Gasteiger partial charge in [0.15, 0.2) is 0 Å². The van der Waals surface area contributed by atoms with Gasteiger partial charge in [-0.2, -0.15) is 0 Å². The maximum Gasteiger partial charge on any atom is 0.234 e. The number of hydrogen-bond acceptors (Lipinski definition) is 3. The number of thioether (sulfide) groups is 1. The van der Waals surface area contributed by atoms with Crippen LogP contribution in [0.4, 0.5) is 5.69 Å². The molecular formula is C15H13Cl2NO2S. The minimum Gasteiger partial charge on any atom is -0.497 e. The van der Waals surface area contributed by atoms with Crippen molar-refractivity contribution in [3.63, 3.8) is 0 Å². The number of ether oxygens (including phenoxy) is 1. The standard InChI is InChI=1S/C15H13Cl2NO2S/c1-20-11-3-5-12(6-4-11)21-9-15(19)18-14-7-2-10(16)8-13(14)17/h2-8H,9H2,1H3,(H,18,19). The maximum absolute atomic E-state index is 11.9. The molecule has 0 atom stereocenters. The molecule has 0 aromatic heterocycles. The smallest absolute Gasteiger partial charge is 0.234 e. The van der Waals surface area contributed by atoms with E-state index in [0.717, 1.165) is 10.6 Å². The average Bonchev–Trinajstić information content (AvgIpc) is 2.48. The molecule has 2 aromatic carbocycles. The molecule has 0 aliphatic carbocycles. The van der Waals surface area contributed by atoms with Crippen molar-refractivity contribution in [3.05, 3.63) is 52.5 Å². The molecule has 1 amide bonds. The van der Waals surface area contributed by atoms with E-state index in [1.807, 2.05) is 24.3 Å². The molecule has 0 saturated carbocycles. The molecule has 2 rings (SSSR count). The number of rotatable bonds is 5. The van der Waals surface area contributed by atoms with E-state index in [-0.39, 0.29) is 5.91 Å². The van der Waals surface area contributed by atoms with Crippen LogP contribution in [-0.2, 0) is 4.79 Å². The molecule has 110 valence electrons. The van der Waals surface area contributed by atoms with E-state index in [9.17, 15) is 4.79 Å². The highest BCUT2D eigenvalue weighted by molar-refractivity contribution is 8.00. The Morgan fingerprint density at radius 2 is 1.90 bits per heavy atom. The predicted molar refractivity (Wildman–Crippen MR) is 88.8 cm³/mol. The first-order valence-electron chi connectivity index (χ1n) is 6.10. The van der Waals surface area contributed by atoms with Crippen molar-refractivity contribution in [1.82, 2.24) is 0 Å². The summed E-state index contributed by atoms with van der Waals surface area (Å²) in [6, 6.07) is 12.5. The third-order valence-corrected chi connectivity index (χ3v) is 4.19. The molecule has 0 spiro atoms. The van der Waals surface area contributed by atoms with E-state index in [4.69, 9.17) is 27.9 Å². The summed E-state index contributed by atoms with van der Waals surface area (Å²) in [6.45, 7) is 0. The van der Waals surface area contributed by atoms with E-state index in [1.165, 1.54) is 11.8 Å². The summed E-state index contributed by atoms with van der Waals surface area (Å²) in [7, 11) is 1.62. The number of benzene rings is 2. The van der Waals surface area contributed by atoms with Crippen molar-refractivity contribution in [2.45, 2.75) is 4.90 Å². The molecule has 0 fully saturated rings. The van der Waals surface area contributed by atoms with Gasteiger partial charge in [0.2, 0.25) is 5.91 Å². The van der Waals surface area contributed by atoms with E-state index in [2.05, 4.69) is 5.32 Å². The van der Waals surface area contributed by atoms with Crippen LogP contribution in [0.1, 0.15) is 0 Å². The van der Waals surface area contributed by atoms with Crippen LogP contribution in [0.15, 0.2) is 47.4 Å². The Labute approximate surface area is 137 Å². The molecule has 21 heavy (non-hydrogen) atoms. The minimum absolute atomic E-state index is 0.125. The summed E-state index contributed by atoms with van der Waals surface area (Å²) >= 11 is 13.3. The summed E-state index contributed by atoms with van der Waals surface area (Å²) in [5.41, 5.74) is 0.557. The van der Waals surface area contributed by atoms with E-state index in [1.54, 1.807) is 25.3 Å². The van der Waals surface area contributed by atoms with Gasteiger partial charge < -0.3 is 10.1 Å². The lowest BCUT2D eigenvalue weighted by Crippen LogP contribution is -2.14. The fraction of sp³-hybridized carbons (Fsp3) is 0.133. The van der Waals surface area contributed by atoms with Gasteiger partial charge in [-0.05, 0) is 42.5 Å². The van der Waals surface area contributed by atoms with Gasteiger partial charge >= 0.3 is 0 Å². The Kier molecular flexibility index (Phi) is 5.79. The highest BCUT2D eigenvalue weighted by Crippen LogP contribution is 2.26. The Hall–Kier alpha value is -1.36. The quantitative estimate of drug-likeness (QED) is 0.798. The van der Waals surface area contributed by atoms with Crippen LogP contribution in [0.3, 0.4) is 0 Å². The summed E-state index contributed by atoms with van der Waals surface area (Å²) in [5, 5.41) is 3.71. The third kappa shape index (κ3) is 4.84. The second kappa shape index (κ2) is 7.59. The van der Waals surface area contributed by atoms with Crippen LogP contribution in [0.2, 0.25) is 10.0 Å². The van der Waals surface area contributed by atoms with Gasteiger partial charge in [0.05, 0.1) is 23.6 Å². The first-order chi connectivity index (χ1) is 10.1. The van der Waals surface area contributed by atoms with Gasteiger partial charge in [-0.1, -0.05) is 23.2 Å². The fourth-order valence-corrected chi connectivity index (χ4v) is 2.75. The molecule has 0 aliphatic rings. The molecule has 0 aliphatic heterocycles. The van der Waals surface area contributed by atoms with Crippen LogP contribution >= 0.6 is 35.0 Å². The topological polar surface area (TPSA) is 38.3 Å². The Bertz CT molecular complexity index is 632. The number of anilines is 1. The van der Waals surface area contributed by atoms with E-state index >= 15 is 0 Å². The molecule has 0 radical (unpaired) electrons. The number of carbonyl (C=O) groups is 1. The minimum atomic E-state index is -0.125. The normalized spacial score (nSPS) is 10.2. The Morgan fingerprint density at radius 3 is 2.52 bits per heavy atom. The summed E-state index contributed by atoms with van der Waals surface area (Å²) in [5.74, 6) is 0.961. The second-order valence-electron chi connectivity index (χ2n) is 4.14. The summed E-state index contributed by atoms with van der Waals surface area (Å²) in [4.78, 5) is 12.9. The second-order valence-corrected chi connectivity index (χ2v) is 6.03. The lowest BCUT2D eigenvalue weighted by atomic mass is 10.3. The fourth-order valence-electron chi connectivity index (χ4n) is 1.60. The maximum atomic E-state index is 11.9. The van der Waals surface area contributed by atoms with Gasteiger partial charge in [0.1, 0.15) is 5.75 Å². The van der Waals surface area contributed by atoms with Crippen LogP contribution < -0.4 is 10.1 Å². The predicted octanol–water partition coefficient (Wildman–Crippen LogP) is 4.73. The largest absolute Gasteiger partial charge is 0.497 e. The first-order valence-corrected chi connectivity index (χ1v) is 7.84. The van der Waals surface area contributed by atoms with Gasteiger partial charge in [-0.3, -0.25) is 4.79 Å². The van der Waals surface area contributed by atoms with Crippen LogP contribution in [0.5, 0.6) is 5.75 Å². The molecule has 0 bridgehead atoms. The Balaban J connectivity index is 1.89. The van der Waals surface area contributed by atoms with E-state index < -0.39 is 0 Å². The number of carbonyl (C=O) groups excluding carboxylic acids is 1. The van der Waals surface area contributed by atoms with E-state index in [0.29, 0.717) is 21.5 Å². The molecule has 0 heterocycles. The monoisotopic (exact) mass is 341 g/mol. The highest BCUT2D eigenvalue weighted by atomic mass is 35.5. The SMILES string of the molecule is COc1ccc(SCC(=O)Nc2ccc(Cl)cc2Cl)cc1. The average molecular weight is 342 g/mol. The lowest BCUT2D eigenvalue weighted by Gasteiger charge is -2.07. The van der Waals surface area contributed by atoms with Gasteiger partial charge in [-0.25, -0.2) is 0 Å². The van der Waals surface area contributed by atoms with Crippen molar-refractivity contribution in [1.29, 1.82) is 0 Å². The zero-order valence-electron chi connectivity index (χ0n) is 11.2. The van der Waals surface area contributed by atoms with Crippen molar-refractivity contribution in [2.24, 2.45) is 0 Å². The number of nitrogens with one attached hydrogen (secondary N) is 1. The summed E-state index contributed by atoms with van der Waals surface area (Å²) < 4.78 is 5.08. The molecule has 6 heteroatoms. The number of hydrogen-bond donors (Lipinski definition) is 1. The van der Waals surface area contributed by atoms with Gasteiger partial charge in [-0.15, -0.1) is 11.8 Å². The zero-order valence-corrected chi connectivity index (χ0v) is 13.6.